The number of aromatic nitrogens is 2. The first-order valence-electron chi connectivity index (χ1n) is 9.32. The molecule has 0 radical (unpaired) electrons. The second kappa shape index (κ2) is 7.26. The Morgan fingerprint density at radius 3 is 2.96 bits per heavy atom. The third-order valence-electron chi connectivity index (χ3n) is 4.91. The van der Waals surface area contributed by atoms with Crippen molar-refractivity contribution in [2.45, 2.75) is 26.8 Å². The molecule has 0 spiro atoms. The molecule has 1 aromatic carbocycles. The number of hydrogen-bond donors (Lipinski definition) is 2. The zero-order valence-electron chi connectivity index (χ0n) is 15.8. The Labute approximate surface area is 167 Å². The molecule has 2 N–H and O–H groups in total. The maximum Gasteiger partial charge on any atom is 0.268 e. The number of hydrogen-bond acceptors (Lipinski definition) is 4. The summed E-state index contributed by atoms with van der Waals surface area (Å²) >= 11 is 7.86. The highest BCUT2D eigenvalue weighted by molar-refractivity contribution is 7.18. The number of benzene rings is 1. The third kappa shape index (κ3) is 3.49. The Hall–Kier alpha value is -1.89. The van der Waals surface area contributed by atoms with Gasteiger partial charge < -0.3 is 10.2 Å². The van der Waals surface area contributed by atoms with Gasteiger partial charge in [0, 0.05) is 18.0 Å². The molecular weight excluding hydrogens is 380 g/mol. The average Bonchev–Trinajstić information content (AvgIpc) is 2.97. The lowest BCUT2D eigenvalue weighted by Gasteiger charge is -2.19. The number of thiophene rings is 1. The molecule has 0 fully saturated rings. The summed E-state index contributed by atoms with van der Waals surface area (Å²) < 4.78 is 1.68. The Balaban J connectivity index is 1.96. The molecule has 1 atom stereocenters. The molecule has 5 nitrogen and oxygen atoms in total. The van der Waals surface area contributed by atoms with Gasteiger partial charge in [0.15, 0.2) is 0 Å². The van der Waals surface area contributed by atoms with Crippen LogP contribution in [0.15, 0.2) is 29.1 Å². The van der Waals surface area contributed by atoms with Crippen LogP contribution in [0.25, 0.3) is 15.9 Å². The molecule has 142 valence electrons. The minimum atomic E-state index is -0.00873. The molecule has 0 saturated heterocycles. The van der Waals surface area contributed by atoms with Crippen molar-refractivity contribution in [1.29, 1.82) is 0 Å². The fourth-order valence-corrected chi connectivity index (χ4v) is 5.04. The fourth-order valence-electron chi connectivity index (χ4n) is 3.53. The summed E-state index contributed by atoms with van der Waals surface area (Å²) in [5.74, 6) is 1.03. The SMILES string of the molecule is CC(C)CNc1nc2sc3c(c2c(=O)n1-c1cccc(Cl)c1)CC[NH+](C)C3. The van der Waals surface area contributed by atoms with Crippen molar-refractivity contribution in [2.75, 3.05) is 25.5 Å². The molecule has 4 rings (SSSR count). The van der Waals surface area contributed by atoms with Gasteiger partial charge in [0.25, 0.3) is 5.56 Å². The van der Waals surface area contributed by atoms with Crippen molar-refractivity contribution >= 4 is 39.1 Å². The lowest BCUT2D eigenvalue weighted by molar-refractivity contribution is -0.895. The van der Waals surface area contributed by atoms with Crippen LogP contribution in [0.5, 0.6) is 0 Å². The standard InChI is InChI=1S/C20H23ClN4OS/c1-12(2)10-22-20-23-18-17(15-7-8-24(3)11-16(15)27-18)19(26)25(20)14-6-4-5-13(21)9-14/h4-6,9,12H,7-8,10-11H2,1-3H3,(H,22,23)/p+1. The first-order chi connectivity index (χ1) is 12.9. The van der Waals surface area contributed by atoms with Gasteiger partial charge in [-0.3, -0.25) is 4.79 Å². The molecule has 0 saturated carbocycles. The molecular formula is C20H24ClN4OS+. The Kier molecular flexibility index (Phi) is 4.97. The maximum absolute atomic E-state index is 13.6. The van der Waals surface area contributed by atoms with Gasteiger partial charge in [-0.05, 0) is 29.7 Å². The van der Waals surface area contributed by atoms with E-state index in [1.165, 1.54) is 15.3 Å². The molecule has 1 aliphatic heterocycles. The van der Waals surface area contributed by atoms with Crippen molar-refractivity contribution in [2.24, 2.45) is 5.92 Å². The van der Waals surface area contributed by atoms with Crippen molar-refractivity contribution in [3.8, 4) is 5.69 Å². The lowest BCUT2D eigenvalue weighted by Crippen LogP contribution is -3.08. The number of nitrogens with zero attached hydrogens (tertiary/aromatic N) is 2. The van der Waals surface area contributed by atoms with Gasteiger partial charge >= 0.3 is 0 Å². The lowest BCUT2D eigenvalue weighted by atomic mass is 10.1. The van der Waals surface area contributed by atoms with Crippen LogP contribution in [0.4, 0.5) is 5.95 Å². The van der Waals surface area contributed by atoms with E-state index in [9.17, 15) is 4.79 Å². The van der Waals surface area contributed by atoms with Gasteiger partial charge in [0.05, 0.1) is 29.5 Å². The molecule has 0 bridgehead atoms. The van der Waals surface area contributed by atoms with Crippen LogP contribution in [-0.2, 0) is 13.0 Å². The molecule has 0 amide bonds. The van der Waals surface area contributed by atoms with Crippen LogP contribution in [0.3, 0.4) is 0 Å². The average molecular weight is 404 g/mol. The fraction of sp³-hybridized carbons (Fsp3) is 0.400. The summed E-state index contributed by atoms with van der Waals surface area (Å²) in [6, 6.07) is 7.39. The number of anilines is 1. The van der Waals surface area contributed by atoms with E-state index in [4.69, 9.17) is 16.6 Å². The highest BCUT2D eigenvalue weighted by Gasteiger charge is 2.26. The predicted molar refractivity (Wildman–Crippen MR) is 113 cm³/mol. The monoisotopic (exact) mass is 403 g/mol. The van der Waals surface area contributed by atoms with Gasteiger partial charge in [-0.2, -0.15) is 0 Å². The summed E-state index contributed by atoms with van der Waals surface area (Å²) in [4.78, 5) is 22.0. The molecule has 2 aromatic heterocycles. The van der Waals surface area contributed by atoms with Gasteiger partial charge in [-0.15, -0.1) is 11.3 Å². The van der Waals surface area contributed by atoms with Crippen LogP contribution in [0.2, 0.25) is 5.02 Å². The van der Waals surface area contributed by atoms with E-state index in [0.29, 0.717) is 16.9 Å². The van der Waals surface area contributed by atoms with E-state index in [2.05, 4.69) is 26.2 Å². The molecule has 7 heteroatoms. The quantitative estimate of drug-likeness (QED) is 0.704. The number of rotatable bonds is 4. The number of quaternary nitrogens is 1. The summed E-state index contributed by atoms with van der Waals surface area (Å²) in [6.07, 6.45) is 0.923. The van der Waals surface area contributed by atoms with Crippen LogP contribution in [-0.4, -0.2) is 29.7 Å². The van der Waals surface area contributed by atoms with E-state index in [1.54, 1.807) is 15.9 Å². The predicted octanol–water partition coefficient (Wildman–Crippen LogP) is 2.74. The molecule has 1 unspecified atom stereocenters. The second-order valence-corrected chi connectivity index (χ2v) is 9.17. The molecule has 3 aromatic rings. The first-order valence-corrected chi connectivity index (χ1v) is 10.5. The topological polar surface area (TPSA) is 51.4 Å². The Bertz CT molecular complexity index is 1060. The minimum absolute atomic E-state index is 0.00873. The second-order valence-electron chi connectivity index (χ2n) is 7.65. The maximum atomic E-state index is 13.6. The summed E-state index contributed by atoms with van der Waals surface area (Å²) in [7, 11) is 2.20. The Morgan fingerprint density at radius 1 is 1.41 bits per heavy atom. The van der Waals surface area contributed by atoms with Gasteiger partial charge in [-0.25, -0.2) is 9.55 Å². The van der Waals surface area contributed by atoms with E-state index in [0.717, 1.165) is 42.0 Å². The normalized spacial score (nSPS) is 16.7. The smallest absolute Gasteiger partial charge is 0.268 e. The van der Waals surface area contributed by atoms with Crippen molar-refractivity contribution in [3.63, 3.8) is 0 Å². The van der Waals surface area contributed by atoms with Crippen LogP contribution < -0.4 is 15.8 Å². The summed E-state index contributed by atoms with van der Waals surface area (Å²) in [5.41, 5.74) is 1.92. The van der Waals surface area contributed by atoms with Crippen molar-refractivity contribution in [1.82, 2.24) is 9.55 Å². The minimum Gasteiger partial charge on any atom is -0.355 e. The molecule has 27 heavy (non-hydrogen) atoms. The van der Waals surface area contributed by atoms with Crippen molar-refractivity contribution < 1.29 is 4.90 Å². The van der Waals surface area contributed by atoms with Crippen LogP contribution in [0, 0.1) is 5.92 Å². The number of nitrogens with one attached hydrogen (secondary N) is 2. The summed E-state index contributed by atoms with van der Waals surface area (Å²) in [6.45, 7) is 7.02. The third-order valence-corrected chi connectivity index (χ3v) is 6.27. The van der Waals surface area contributed by atoms with E-state index < -0.39 is 0 Å². The van der Waals surface area contributed by atoms with Gasteiger partial charge in [0.2, 0.25) is 5.95 Å². The first kappa shape index (κ1) is 18.5. The zero-order chi connectivity index (χ0) is 19.1. The number of fused-ring (bicyclic) bond motifs is 3. The largest absolute Gasteiger partial charge is 0.355 e. The van der Waals surface area contributed by atoms with Gasteiger partial charge in [-0.1, -0.05) is 31.5 Å². The number of halogens is 1. The van der Waals surface area contributed by atoms with Crippen LogP contribution >= 0.6 is 22.9 Å². The molecule has 1 aliphatic rings. The highest BCUT2D eigenvalue weighted by Crippen LogP contribution is 2.31. The van der Waals surface area contributed by atoms with Crippen LogP contribution in [0.1, 0.15) is 24.3 Å². The Morgan fingerprint density at radius 2 is 2.22 bits per heavy atom. The summed E-state index contributed by atoms with van der Waals surface area (Å²) in [5, 5.41) is 4.74. The van der Waals surface area contributed by atoms with Crippen molar-refractivity contribution in [3.05, 3.63) is 50.1 Å². The molecule has 0 aliphatic carbocycles. The molecule has 3 heterocycles. The van der Waals surface area contributed by atoms with E-state index >= 15 is 0 Å². The van der Waals surface area contributed by atoms with E-state index in [1.807, 2.05) is 24.3 Å². The highest BCUT2D eigenvalue weighted by atomic mass is 35.5. The zero-order valence-corrected chi connectivity index (χ0v) is 17.4. The van der Waals surface area contributed by atoms with Gasteiger partial charge in [0.1, 0.15) is 11.4 Å². The van der Waals surface area contributed by atoms with E-state index in [-0.39, 0.29) is 5.56 Å². The number of likely N-dealkylation sites (N-methyl/N-ethyl adjacent to an activating group) is 1.